The van der Waals surface area contributed by atoms with Crippen molar-refractivity contribution >= 4 is 11.6 Å². The molecular formula is C15H21ClFN. The molecule has 100 valence electrons. The summed E-state index contributed by atoms with van der Waals surface area (Å²) < 4.78 is 13.1. The zero-order chi connectivity index (χ0) is 13.1. The third kappa shape index (κ3) is 3.24. The van der Waals surface area contributed by atoms with Gasteiger partial charge in [-0.1, -0.05) is 31.0 Å². The van der Waals surface area contributed by atoms with Crippen molar-refractivity contribution in [2.45, 2.75) is 32.6 Å². The van der Waals surface area contributed by atoms with Crippen molar-refractivity contribution in [3.63, 3.8) is 0 Å². The van der Waals surface area contributed by atoms with Gasteiger partial charge in [0.15, 0.2) is 0 Å². The molecule has 0 amide bonds. The van der Waals surface area contributed by atoms with E-state index in [4.69, 9.17) is 17.3 Å². The fraction of sp³-hybridized carbons (Fsp3) is 0.600. The molecule has 1 fully saturated rings. The van der Waals surface area contributed by atoms with Crippen LogP contribution in [0.3, 0.4) is 0 Å². The summed E-state index contributed by atoms with van der Waals surface area (Å²) in [6.07, 6.45) is 4.68. The molecule has 1 aromatic carbocycles. The predicted octanol–water partition coefficient (Wildman–Crippen LogP) is 4.03. The van der Waals surface area contributed by atoms with Gasteiger partial charge in [-0.3, -0.25) is 0 Å². The maximum Gasteiger partial charge on any atom is 0.141 e. The third-order valence-electron chi connectivity index (χ3n) is 4.19. The van der Waals surface area contributed by atoms with E-state index < -0.39 is 0 Å². The van der Waals surface area contributed by atoms with E-state index in [0.29, 0.717) is 11.8 Å². The number of nitrogens with two attached hydrogens (primary N) is 1. The molecule has 18 heavy (non-hydrogen) atoms. The molecule has 3 atom stereocenters. The Balaban J connectivity index is 2.08. The first-order valence-electron chi connectivity index (χ1n) is 6.74. The van der Waals surface area contributed by atoms with E-state index in [1.54, 1.807) is 6.07 Å². The molecule has 1 nitrogen and oxygen atoms in total. The van der Waals surface area contributed by atoms with E-state index in [0.717, 1.165) is 24.4 Å². The Hall–Kier alpha value is -0.600. The molecule has 1 aliphatic rings. The minimum atomic E-state index is -0.340. The molecule has 1 aromatic rings. The van der Waals surface area contributed by atoms with Gasteiger partial charge in [0.25, 0.3) is 0 Å². The van der Waals surface area contributed by atoms with Crippen molar-refractivity contribution in [2.75, 3.05) is 6.54 Å². The fourth-order valence-electron chi connectivity index (χ4n) is 3.09. The van der Waals surface area contributed by atoms with Gasteiger partial charge in [0.05, 0.1) is 5.02 Å². The molecular weight excluding hydrogens is 249 g/mol. The smallest absolute Gasteiger partial charge is 0.141 e. The van der Waals surface area contributed by atoms with Crippen LogP contribution in [0.4, 0.5) is 4.39 Å². The van der Waals surface area contributed by atoms with Crippen LogP contribution < -0.4 is 5.73 Å². The quantitative estimate of drug-likeness (QED) is 0.881. The average molecular weight is 270 g/mol. The van der Waals surface area contributed by atoms with Crippen LogP contribution in [0, 0.1) is 23.6 Å². The van der Waals surface area contributed by atoms with Crippen molar-refractivity contribution in [2.24, 2.45) is 23.5 Å². The van der Waals surface area contributed by atoms with Gasteiger partial charge >= 0.3 is 0 Å². The Bertz CT molecular complexity index is 407. The van der Waals surface area contributed by atoms with Crippen molar-refractivity contribution in [3.05, 3.63) is 34.6 Å². The normalized spacial score (nSPS) is 28.3. The van der Waals surface area contributed by atoms with Gasteiger partial charge in [-0.15, -0.1) is 0 Å². The van der Waals surface area contributed by atoms with Gasteiger partial charge in [0, 0.05) is 0 Å². The van der Waals surface area contributed by atoms with Gasteiger partial charge in [0.1, 0.15) is 5.82 Å². The van der Waals surface area contributed by atoms with E-state index in [1.165, 1.54) is 25.3 Å². The van der Waals surface area contributed by atoms with Crippen molar-refractivity contribution < 1.29 is 4.39 Å². The standard InChI is InChI=1S/C15H21ClFN/c1-10-2-4-12(9-18)13(6-10)7-11-3-5-15(17)14(16)8-11/h3,5,8,10,12-13H,2,4,6-7,9,18H2,1H3. The van der Waals surface area contributed by atoms with E-state index >= 15 is 0 Å². The molecule has 0 aliphatic heterocycles. The first-order valence-corrected chi connectivity index (χ1v) is 7.12. The SMILES string of the molecule is CC1CCC(CN)C(Cc2ccc(F)c(Cl)c2)C1. The summed E-state index contributed by atoms with van der Waals surface area (Å²) >= 11 is 5.83. The van der Waals surface area contributed by atoms with Crippen LogP contribution in [0.2, 0.25) is 5.02 Å². The number of halogens is 2. The molecule has 2 N–H and O–H groups in total. The van der Waals surface area contributed by atoms with Gasteiger partial charge in [-0.05, 0) is 61.3 Å². The second-order valence-corrected chi connectivity index (χ2v) is 6.03. The Morgan fingerprint density at radius 3 is 2.78 bits per heavy atom. The molecule has 3 unspecified atom stereocenters. The topological polar surface area (TPSA) is 26.0 Å². The molecule has 1 aliphatic carbocycles. The lowest BCUT2D eigenvalue weighted by molar-refractivity contribution is 0.193. The van der Waals surface area contributed by atoms with Crippen LogP contribution in [0.25, 0.3) is 0 Å². The van der Waals surface area contributed by atoms with Gasteiger partial charge < -0.3 is 5.73 Å². The number of rotatable bonds is 3. The lowest BCUT2D eigenvalue weighted by Gasteiger charge is -2.34. The van der Waals surface area contributed by atoms with Gasteiger partial charge in [-0.2, -0.15) is 0 Å². The highest BCUT2D eigenvalue weighted by molar-refractivity contribution is 6.30. The Kier molecular flexibility index (Phi) is 4.63. The maximum atomic E-state index is 13.1. The molecule has 0 spiro atoms. The highest BCUT2D eigenvalue weighted by atomic mass is 35.5. The number of hydrogen-bond donors (Lipinski definition) is 1. The summed E-state index contributed by atoms with van der Waals surface area (Å²) in [5.41, 5.74) is 6.98. The largest absolute Gasteiger partial charge is 0.330 e. The highest BCUT2D eigenvalue weighted by Gasteiger charge is 2.27. The number of benzene rings is 1. The zero-order valence-corrected chi connectivity index (χ0v) is 11.6. The lowest BCUT2D eigenvalue weighted by Crippen LogP contribution is -2.31. The minimum Gasteiger partial charge on any atom is -0.330 e. The Labute approximate surface area is 114 Å². The third-order valence-corrected chi connectivity index (χ3v) is 4.48. The molecule has 0 radical (unpaired) electrons. The Morgan fingerprint density at radius 1 is 1.33 bits per heavy atom. The zero-order valence-electron chi connectivity index (χ0n) is 10.8. The summed E-state index contributed by atoms with van der Waals surface area (Å²) in [6, 6.07) is 5.05. The monoisotopic (exact) mass is 269 g/mol. The summed E-state index contributed by atoms with van der Waals surface area (Å²) in [5, 5.41) is 0.223. The van der Waals surface area contributed by atoms with E-state index in [1.807, 2.05) is 6.07 Å². The second kappa shape index (κ2) is 6.03. The second-order valence-electron chi connectivity index (χ2n) is 5.63. The van der Waals surface area contributed by atoms with E-state index in [-0.39, 0.29) is 10.8 Å². The maximum absolute atomic E-state index is 13.1. The first-order chi connectivity index (χ1) is 8.60. The van der Waals surface area contributed by atoms with Crippen LogP contribution in [0.1, 0.15) is 31.7 Å². The highest BCUT2D eigenvalue weighted by Crippen LogP contribution is 2.35. The van der Waals surface area contributed by atoms with Crippen LogP contribution in [-0.4, -0.2) is 6.54 Å². The van der Waals surface area contributed by atoms with Crippen LogP contribution in [-0.2, 0) is 6.42 Å². The molecule has 2 rings (SSSR count). The molecule has 0 heterocycles. The predicted molar refractivity (Wildman–Crippen MR) is 74.2 cm³/mol. The van der Waals surface area contributed by atoms with E-state index in [2.05, 4.69) is 6.92 Å². The molecule has 0 bridgehead atoms. The van der Waals surface area contributed by atoms with Crippen molar-refractivity contribution in [3.8, 4) is 0 Å². The minimum absolute atomic E-state index is 0.223. The van der Waals surface area contributed by atoms with Crippen molar-refractivity contribution in [1.29, 1.82) is 0 Å². The summed E-state index contributed by atoms with van der Waals surface area (Å²) in [4.78, 5) is 0. The summed E-state index contributed by atoms with van der Waals surface area (Å²) in [5.74, 6) is 1.65. The van der Waals surface area contributed by atoms with Crippen LogP contribution in [0.5, 0.6) is 0 Å². The summed E-state index contributed by atoms with van der Waals surface area (Å²) in [6.45, 7) is 3.06. The van der Waals surface area contributed by atoms with Gasteiger partial charge in [-0.25, -0.2) is 4.39 Å². The lowest BCUT2D eigenvalue weighted by atomic mass is 9.72. The van der Waals surface area contributed by atoms with Crippen molar-refractivity contribution in [1.82, 2.24) is 0 Å². The molecule has 3 heteroatoms. The summed E-state index contributed by atoms with van der Waals surface area (Å²) in [7, 11) is 0. The molecule has 0 aromatic heterocycles. The molecule has 0 saturated heterocycles. The van der Waals surface area contributed by atoms with Crippen LogP contribution >= 0.6 is 11.6 Å². The van der Waals surface area contributed by atoms with Crippen LogP contribution in [0.15, 0.2) is 18.2 Å². The van der Waals surface area contributed by atoms with E-state index in [9.17, 15) is 4.39 Å². The average Bonchev–Trinajstić information content (AvgIpc) is 2.34. The Morgan fingerprint density at radius 2 is 2.11 bits per heavy atom. The number of hydrogen-bond acceptors (Lipinski definition) is 1. The first kappa shape index (κ1) is 13.8. The fourth-order valence-corrected chi connectivity index (χ4v) is 3.29. The molecule has 1 saturated carbocycles. The van der Waals surface area contributed by atoms with Gasteiger partial charge in [0.2, 0.25) is 0 Å².